The van der Waals surface area contributed by atoms with Crippen LogP contribution in [0.5, 0.6) is 0 Å². The molecule has 158 valence electrons. The Hall–Kier alpha value is -2.91. The Morgan fingerprint density at radius 2 is 1.93 bits per heavy atom. The van der Waals surface area contributed by atoms with Crippen LogP contribution in [-0.2, 0) is 11.0 Å². The zero-order chi connectivity index (χ0) is 21.9. The number of likely N-dealkylation sites (N-methyl/N-ethyl adjacent to an activating group) is 1. The van der Waals surface area contributed by atoms with Crippen molar-refractivity contribution in [1.29, 1.82) is 0 Å². The van der Waals surface area contributed by atoms with Crippen LogP contribution >= 0.6 is 11.6 Å². The summed E-state index contributed by atoms with van der Waals surface area (Å²) in [6.45, 7) is 1.90. The topological polar surface area (TPSA) is 63.1 Å². The Morgan fingerprint density at radius 1 is 1.23 bits per heavy atom. The van der Waals surface area contributed by atoms with E-state index in [1.807, 2.05) is 31.2 Å². The first kappa shape index (κ1) is 21.8. The summed E-state index contributed by atoms with van der Waals surface area (Å²) in [4.78, 5) is 18.1. The van der Waals surface area contributed by atoms with E-state index in [0.29, 0.717) is 0 Å². The first-order valence-electron chi connectivity index (χ1n) is 8.97. The molecule has 3 aromatic rings. The lowest BCUT2D eigenvalue weighted by Gasteiger charge is -2.25. The Morgan fingerprint density at radius 3 is 2.53 bits per heavy atom. The highest BCUT2D eigenvalue weighted by atomic mass is 35.5. The lowest BCUT2D eigenvalue weighted by atomic mass is 10.1. The van der Waals surface area contributed by atoms with Gasteiger partial charge in [-0.05, 0) is 49.9 Å². The average Bonchev–Trinajstić information content (AvgIpc) is 3.23. The van der Waals surface area contributed by atoms with Gasteiger partial charge in [-0.3, -0.25) is 9.69 Å². The summed E-state index contributed by atoms with van der Waals surface area (Å²) in [6, 6.07) is 10.3. The van der Waals surface area contributed by atoms with Crippen molar-refractivity contribution in [3.8, 4) is 5.69 Å². The third-order valence-electron chi connectivity index (χ3n) is 4.68. The van der Waals surface area contributed by atoms with E-state index in [4.69, 9.17) is 11.6 Å². The van der Waals surface area contributed by atoms with E-state index < -0.39 is 17.6 Å². The van der Waals surface area contributed by atoms with Crippen molar-refractivity contribution in [2.75, 3.05) is 18.9 Å². The highest BCUT2D eigenvalue weighted by molar-refractivity contribution is 6.33. The maximum Gasteiger partial charge on any atom is 0.416 e. The number of carbonyl (C=O) groups is 1. The Bertz CT molecular complexity index is 1010. The summed E-state index contributed by atoms with van der Waals surface area (Å²) in [5, 5.41) is 6.56. The van der Waals surface area contributed by atoms with Crippen molar-refractivity contribution in [3.05, 3.63) is 71.3 Å². The number of nitrogens with zero attached hydrogens (tertiary/aromatic N) is 4. The van der Waals surface area contributed by atoms with Crippen molar-refractivity contribution in [2.24, 2.45) is 0 Å². The van der Waals surface area contributed by atoms with Gasteiger partial charge in [0.05, 0.1) is 28.5 Å². The van der Waals surface area contributed by atoms with Crippen LogP contribution in [0.1, 0.15) is 24.1 Å². The molecule has 0 fully saturated rings. The summed E-state index contributed by atoms with van der Waals surface area (Å²) in [5.74, 6) is -0.468. The zero-order valence-electron chi connectivity index (χ0n) is 16.2. The van der Waals surface area contributed by atoms with Crippen molar-refractivity contribution in [3.63, 3.8) is 0 Å². The molecule has 3 rings (SSSR count). The van der Waals surface area contributed by atoms with Gasteiger partial charge in [-0.25, -0.2) is 9.67 Å². The van der Waals surface area contributed by atoms with Gasteiger partial charge in [-0.15, -0.1) is 0 Å². The molecular weight excluding hydrogens is 419 g/mol. The summed E-state index contributed by atoms with van der Waals surface area (Å²) < 4.78 is 40.3. The van der Waals surface area contributed by atoms with Crippen LogP contribution < -0.4 is 5.32 Å². The molecule has 1 N–H and O–H groups in total. The minimum atomic E-state index is -4.52. The molecule has 0 bridgehead atoms. The molecule has 1 heterocycles. The Balaban J connectivity index is 1.64. The molecule has 0 radical (unpaired) electrons. The molecule has 10 heteroatoms. The third kappa shape index (κ3) is 5.17. The molecule has 2 aromatic carbocycles. The molecule has 0 spiro atoms. The predicted octanol–water partition coefficient (Wildman–Crippen LogP) is 4.57. The lowest BCUT2D eigenvalue weighted by molar-refractivity contribution is -0.137. The quantitative estimate of drug-likeness (QED) is 0.613. The predicted molar refractivity (Wildman–Crippen MR) is 107 cm³/mol. The molecule has 1 aromatic heterocycles. The highest BCUT2D eigenvalue weighted by Gasteiger charge is 2.31. The van der Waals surface area contributed by atoms with Gasteiger partial charge in [0.25, 0.3) is 0 Å². The first-order chi connectivity index (χ1) is 14.1. The second-order valence-electron chi connectivity index (χ2n) is 6.76. The average molecular weight is 438 g/mol. The standard InChI is InChI=1S/C20H19ClF3N5O/c1-13(14-3-6-16(7-4-14)29-12-25-11-26-29)28(2)10-19(30)27-18-9-15(20(22,23)24)5-8-17(18)21/h3-9,11-13H,10H2,1-2H3,(H,27,30). The molecule has 1 unspecified atom stereocenters. The van der Waals surface area contributed by atoms with Crippen LogP contribution in [0.4, 0.5) is 18.9 Å². The van der Waals surface area contributed by atoms with Gasteiger partial charge in [0, 0.05) is 6.04 Å². The number of alkyl halides is 3. The number of rotatable bonds is 6. The second-order valence-corrected chi connectivity index (χ2v) is 7.17. The number of nitrogens with one attached hydrogen (secondary N) is 1. The maximum absolute atomic E-state index is 12.9. The van der Waals surface area contributed by atoms with E-state index in [9.17, 15) is 18.0 Å². The van der Waals surface area contributed by atoms with Gasteiger partial charge in [0.1, 0.15) is 12.7 Å². The minimum absolute atomic E-state index is 0.0292. The Labute approximate surface area is 176 Å². The molecule has 6 nitrogen and oxygen atoms in total. The van der Waals surface area contributed by atoms with E-state index in [0.717, 1.165) is 29.4 Å². The van der Waals surface area contributed by atoms with Gasteiger partial charge in [-0.2, -0.15) is 18.3 Å². The van der Waals surface area contributed by atoms with Gasteiger partial charge >= 0.3 is 6.18 Å². The largest absolute Gasteiger partial charge is 0.416 e. The van der Waals surface area contributed by atoms with E-state index in [-0.39, 0.29) is 23.3 Å². The fraction of sp³-hybridized carbons (Fsp3) is 0.250. The molecule has 1 atom stereocenters. The molecule has 30 heavy (non-hydrogen) atoms. The molecule has 0 aliphatic carbocycles. The van der Waals surface area contributed by atoms with Crippen molar-refractivity contribution >= 4 is 23.2 Å². The van der Waals surface area contributed by atoms with Crippen LogP contribution in [0.3, 0.4) is 0 Å². The molecule has 0 aliphatic rings. The smallest absolute Gasteiger partial charge is 0.324 e. The van der Waals surface area contributed by atoms with Gasteiger partial charge in [0.2, 0.25) is 5.91 Å². The van der Waals surface area contributed by atoms with Crippen LogP contribution in [0.2, 0.25) is 5.02 Å². The SMILES string of the molecule is CC(c1ccc(-n2cncn2)cc1)N(C)CC(=O)Nc1cc(C(F)(F)F)ccc1Cl. The van der Waals surface area contributed by atoms with Gasteiger partial charge < -0.3 is 5.32 Å². The van der Waals surface area contributed by atoms with Crippen LogP contribution in [0.25, 0.3) is 5.69 Å². The molecular formula is C20H19ClF3N5O. The first-order valence-corrected chi connectivity index (χ1v) is 9.35. The minimum Gasteiger partial charge on any atom is -0.324 e. The van der Waals surface area contributed by atoms with Crippen molar-refractivity contribution in [2.45, 2.75) is 19.1 Å². The molecule has 0 aliphatic heterocycles. The Kier molecular flexibility index (Phi) is 6.42. The summed E-state index contributed by atoms with van der Waals surface area (Å²) in [6.07, 6.45) is -1.48. The zero-order valence-corrected chi connectivity index (χ0v) is 16.9. The van der Waals surface area contributed by atoms with Crippen LogP contribution in [-0.4, -0.2) is 39.2 Å². The van der Waals surface area contributed by atoms with Crippen LogP contribution in [0.15, 0.2) is 55.1 Å². The van der Waals surface area contributed by atoms with Crippen molar-refractivity contribution < 1.29 is 18.0 Å². The number of halogens is 4. The monoisotopic (exact) mass is 437 g/mol. The number of anilines is 1. The summed E-state index contributed by atoms with van der Waals surface area (Å²) in [7, 11) is 1.75. The number of amides is 1. The number of hydrogen-bond acceptors (Lipinski definition) is 4. The molecule has 1 amide bonds. The number of aromatic nitrogens is 3. The van der Waals surface area contributed by atoms with E-state index >= 15 is 0 Å². The summed E-state index contributed by atoms with van der Waals surface area (Å²) in [5.41, 5.74) is 0.862. The lowest BCUT2D eigenvalue weighted by Crippen LogP contribution is -2.32. The normalized spacial score (nSPS) is 12.8. The number of benzene rings is 2. The van der Waals surface area contributed by atoms with Gasteiger partial charge in [0.15, 0.2) is 0 Å². The third-order valence-corrected chi connectivity index (χ3v) is 5.01. The fourth-order valence-electron chi connectivity index (χ4n) is 2.85. The fourth-order valence-corrected chi connectivity index (χ4v) is 3.02. The number of hydrogen-bond donors (Lipinski definition) is 1. The summed E-state index contributed by atoms with van der Waals surface area (Å²) >= 11 is 5.94. The van der Waals surface area contributed by atoms with E-state index in [2.05, 4.69) is 15.4 Å². The van der Waals surface area contributed by atoms with Crippen molar-refractivity contribution in [1.82, 2.24) is 19.7 Å². The molecule has 0 saturated heterocycles. The molecule has 0 saturated carbocycles. The van der Waals surface area contributed by atoms with Gasteiger partial charge in [-0.1, -0.05) is 23.7 Å². The highest BCUT2D eigenvalue weighted by Crippen LogP contribution is 2.33. The van der Waals surface area contributed by atoms with Crippen LogP contribution in [0, 0.1) is 0 Å². The second kappa shape index (κ2) is 8.85. The van der Waals surface area contributed by atoms with E-state index in [1.165, 1.54) is 6.33 Å². The maximum atomic E-state index is 12.9. The van der Waals surface area contributed by atoms with E-state index in [1.54, 1.807) is 23.0 Å². The number of carbonyl (C=O) groups excluding carboxylic acids is 1.